The van der Waals surface area contributed by atoms with Crippen LogP contribution in [0.3, 0.4) is 0 Å². The van der Waals surface area contributed by atoms with Crippen LogP contribution in [0.5, 0.6) is 0 Å². The van der Waals surface area contributed by atoms with Crippen LogP contribution in [0.4, 0.5) is 0 Å². The molecule has 1 aromatic carbocycles. The van der Waals surface area contributed by atoms with Gasteiger partial charge < -0.3 is 15.3 Å². The molecule has 0 saturated heterocycles. The average molecular weight is 269 g/mol. The number of nitrogens with two attached hydrogens (primary N) is 1. The number of hydrogen-bond acceptors (Lipinski definition) is 3. The van der Waals surface area contributed by atoms with E-state index in [4.69, 9.17) is 10.2 Å². The van der Waals surface area contributed by atoms with Crippen LogP contribution >= 0.6 is 0 Å². The molecule has 3 nitrogen and oxygen atoms in total. The Kier molecular flexibility index (Phi) is 5.35. The first kappa shape index (κ1) is 14.3. The van der Waals surface area contributed by atoms with Crippen LogP contribution in [-0.2, 0) is 0 Å². The Labute approximate surface area is 119 Å². The fourth-order valence-electron chi connectivity index (χ4n) is 1.80. The first-order valence-electron chi connectivity index (χ1n) is 6.62. The van der Waals surface area contributed by atoms with Crippen LogP contribution in [-0.4, -0.2) is 11.1 Å². The summed E-state index contributed by atoms with van der Waals surface area (Å²) >= 11 is 0. The van der Waals surface area contributed by atoms with Crippen LogP contribution in [0.25, 0.3) is 6.08 Å². The van der Waals surface area contributed by atoms with Gasteiger partial charge in [-0.05, 0) is 24.1 Å². The fraction of sp³-hybridized carbons (Fsp3) is 0.176. The first-order chi connectivity index (χ1) is 9.75. The van der Waals surface area contributed by atoms with Crippen LogP contribution < -0.4 is 5.73 Å². The molecule has 0 radical (unpaired) electrons. The van der Waals surface area contributed by atoms with Crippen molar-refractivity contribution >= 4 is 6.08 Å². The molecule has 2 aromatic rings. The van der Waals surface area contributed by atoms with Crippen LogP contribution in [0.2, 0.25) is 0 Å². The summed E-state index contributed by atoms with van der Waals surface area (Å²) in [5.41, 5.74) is 7.11. The van der Waals surface area contributed by atoms with E-state index in [9.17, 15) is 5.11 Å². The molecule has 3 N–H and O–H groups in total. The van der Waals surface area contributed by atoms with E-state index < -0.39 is 6.10 Å². The topological polar surface area (TPSA) is 59.4 Å². The summed E-state index contributed by atoms with van der Waals surface area (Å²) in [4.78, 5) is 0. The Morgan fingerprint density at radius 2 is 1.90 bits per heavy atom. The van der Waals surface area contributed by atoms with Gasteiger partial charge in [0, 0.05) is 6.04 Å². The molecule has 0 aliphatic heterocycles. The molecule has 0 spiro atoms. The van der Waals surface area contributed by atoms with Crippen LogP contribution in [0.15, 0.2) is 71.4 Å². The predicted molar refractivity (Wildman–Crippen MR) is 80.9 cm³/mol. The minimum absolute atomic E-state index is 0.0738. The lowest BCUT2D eigenvalue weighted by Gasteiger charge is -2.04. The van der Waals surface area contributed by atoms with Gasteiger partial charge in [0.05, 0.1) is 6.26 Å². The minimum Gasteiger partial charge on any atom is -0.466 e. The van der Waals surface area contributed by atoms with Crippen molar-refractivity contribution in [1.29, 1.82) is 0 Å². The third kappa shape index (κ3) is 4.53. The number of aliphatic hydroxyl groups is 1. The SMILES string of the molecule is N[C@H](/C=C/c1ccccc1)C/C=C\[C@@H](O)c1ccco1. The van der Waals surface area contributed by atoms with Crippen molar-refractivity contribution in [3.63, 3.8) is 0 Å². The lowest BCUT2D eigenvalue weighted by molar-refractivity contribution is 0.197. The molecule has 0 saturated carbocycles. The molecule has 0 fully saturated rings. The Morgan fingerprint density at radius 1 is 1.10 bits per heavy atom. The highest BCUT2D eigenvalue weighted by Gasteiger charge is 2.05. The van der Waals surface area contributed by atoms with Gasteiger partial charge in [-0.2, -0.15) is 0 Å². The molecule has 2 rings (SSSR count). The van der Waals surface area contributed by atoms with E-state index in [-0.39, 0.29) is 6.04 Å². The number of aliphatic hydroxyl groups excluding tert-OH is 1. The van der Waals surface area contributed by atoms with Gasteiger partial charge in [0.15, 0.2) is 0 Å². The van der Waals surface area contributed by atoms with Crippen molar-refractivity contribution in [3.8, 4) is 0 Å². The molecular formula is C17H19NO2. The maximum atomic E-state index is 9.79. The third-order valence-corrected chi connectivity index (χ3v) is 2.90. The molecule has 0 aliphatic rings. The number of benzene rings is 1. The lowest BCUT2D eigenvalue weighted by atomic mass is 10.1. The van der Waals surface area contributed by atoms with Crippen molar-refractivity contribution in [2.75, 3.05) is 0 Å². The van der Waals surface area contributed by atoms with Crippen LogP contribution in [0.1, 0.15) is 23.8 Å². The highest BCUT2D eigenvalue weighted by atomic mass is 16.4. The second kappa shape index (κ2) is 7.48. The molecule has 104 valence electrons. The summed E-state index contributed by atoms with van der Waals surface area (Å²) in [5.74, 6) is 0.537. The molecule has 1 heterocycles. The van der Waals surface area contributed by atoms with E-state index in [1.807, 2.05) is 48.6 Å². The largest absolute Gasteiger partial charge is 0.466 e. The highest BCUT2D eigenvalue weighted by Crippen LogP contribution is 2.14. The minimum atomic E-state index is -0.713. The Hall–Kier alpha value is -2.10. The summed E-state index contributed by atoms with van der Waals surface area (Å²) in [6.07, 6.45) is 9.01. The Morgan fingerprint density at radius 3 is 2.60 bits per heavy atom. The van der Waals surface area contributed by atoms with Gasteiger partial charge in [-0.15, -0.1) is 0 Å². The maximum Gasteiger partial charge on any atom is 0.136 e. The Bertz CT molecular complexity index is 544. The zero-order chi connectivity index (χ0) is 14.2. The number of rotatable bonds is 6. The predicted octanol–water partition coefficient (Wildman–Crippen LogP) is 3.30. The zero-order valence-corrected chi connectivity index (χ0v) is 11.2. The maximum absolute atomic E-state index is 9.79. The van der Waals surface area contributed by atoms with E-state index in [2.05, 4.69) is 0 Å². The smallest absolute Gasteiger partial charge is 0.136 e. The first-order valence-corrected chi connectivity index (χ1v) is 6.62. The zero-order valence-electron chi connectivity index (χ0n) is 11.2. The standard InChI is InChI=1S/C17H19NO2/c18-15(12-11-14-6-2-1-3-7-14)8-4-9-16(19)17-10-5-13-20-17/h1-7,9-13,15-16,19H,8,18H2/b9-4-,12-11+/t15-,16+/m0/s1. The fourth-order valence-corrected chi connectivity index (χ4v) is 1.80. The van der Waals surface area contributed by atoms with Crippen molar-refractivity contribution in [1.82, 2.24) is 0 Å². The van der Waals surface area contributed by atoms with Gasteiger partial charge in [-0.25, -0.2) is 0 Å². The number of hydrogen-bond donors (Lipinski definition) is 2. The molecule has 2 atom stereocenters. The second-order valence-corrected chi connectivity index (χ2v) is 4.56. The van der Waals surface area contributed by atoms with Crippen molar-refractivity contribution in [3.05, 3.63) is 78.3 Å². The molecule has 0 aliphatic carbocycles. The van der Waals surface area contributed by atoms with Crippen molar-refractivity contribution in [2.45, 2.75) is 18.6 Å². The molecule has 0 unspecified atom stereocenters. The van der Waals surface area contributed by atoms with E-state index >= 15 is 0 Å². The van der Waals surface area contributed by atoms with E-state index in [1.165, 1.54) is 0 Å². The third-order valence-electron chi connectivity index (χ3n) is 2.90. The second-order valence-electron chi connectivity index (χ2n) is 4.56. The van der Waals surface area contributed by atoms with Crippen molar-refractivity contribution < 1.29 is 9.52 Å². The van der Waals surface area contributed by atoms with Gasteiger partial charge in [-0.3, -0.25) is 0 Å². The molecule has 1 aromatic heterocycles. The molecule has 0 bridgehead atoms. The quantitative estimate of drug-likeness (QED) is 0.791. The summed E-state index contributed by atoms with van der Waals surface area (Å²) in [6.45, 7) is 0. The van der Waals surface area contributed by atoms with E-state index in [1.54, 1.807) is 24.5 Å². The molecule has 3 heteroatoms. The van der Waals surface area contributed by atoms with Gasteiger partial charge >= 0.3 is 0 Å². The van der Waals surface area contributed by atoms with Crippen molar-refractivity contribution in [2.24, 2.45) is 5.73 Å². The Balaban J connectivity index is 1.80. The van der Waals surface area contributed by atoms with Crippen LogP contribution in [0, 0.1) is 0 Å². The molecule has 20 heavy (non-hydrogen) atoms. The van der Waals surface area contributed by atoms with Gasteiger partial charge in [0.1, 0.15) is 11.9 Å². The van der Waals surface area contributed by atoms with Gasteiger partial charge in [-0.1, -0.05) is 54.6 Å². The summed E-state index contributed by atoms with van der Waals surface area (Å²) in [7, 11) is 0. The normalized spacial score (nSPS) is 14.9. The van der Waals surface area contributed by atoms with Gasteiger partial charge in [0.2, 0.25) is 0 Å². The average Bonchev–Trinajstić information content (AvgIpc) is 3.00. The monoisotopic (exact) mass is 269 g/mol. The highest BCUT2D eigenvalue weighted by molar-refractivity contribution is 5.49. The molecular weight excluding hydrogens is 250 g/mol. The summed E-state index contributed by atoms with van der Waals surface area (Å²) in [6, 6.07) is 13.4. The summed E-state index contributed by atoms with van der Waals surface area (Å²) < 4.78 is 5.11. The van der Waals surface area contributed by atoms with E-state index in [0.717, 1.165) is 5.56 Å². The molecule has 0 amide bonds. The van der Waals surface area contributed by atoms with E-state index in [0.29, 0.717) is 12.2 Å². The lowest BCUT2D eigenvalue weighted by Crippen LogP contribution is -2.15. The van der Waals surface area contributed by atoms with Gasteiger partial charge in [0.25, 0.3) is 0 Å². The summed E-state index contributed by atoms with van der Waals surface area (Å²) in [5, 5.41) is 9.79. The number of furan rings is 1.